The maximum absolute atomic E-state index is 4.92. The molecule has 0 unspecified atom stereocenters. The van der Waals surface area contributed by atoms with Gasteiger partial charge in [0, 0.05) is 0 Å². The molecule has 0 aliphatic rings. The molecule has 0 bridgehead atoms. The van der Waals surface area contributed by atoms with Gasteiger partial charge >= 0.3 is 39.5 Å². The van der Waals surface area contributed by atoms with Gasteiger partial charge in [0.1, 0.15) is 0 Å². The molecule has 0 fully saturated rings. The molecule has 6 heavy (non-hydrogen) atoms. The third-order valence-corrected chi connectivity index (χ3v) is 0.326. The van der Waals surface area contributed by atoms with E-state index >= 15 is 0 Å². The summed E-state index contributed by atoms with van der Waals surface area (Å²) in [5.74, 6) is 0. The maximum atomic E-state index is 4.92. The van der Waals surface area contributed by atoms with Gasteiger partial charge in [0.25, 0.3) is 0 Å². The van der Waals surface area contributed by atoms with Gasteiger partial charge in [-0.25, -0.2) is 0 Å². The molecule has 0 saturated heterocycles. The van der Waals surface area contributed by atoms with Crippen molar-refractivity contribution in [3.8, 4) is 0 Å². The standard InChI is InChI=1S/CH3B4O/c1-6-5-4-3-2/h1H3. The predicted octanol–water partition coefficient (Wildman–Crippen LogP) is -1.43. The van der Waals surface area contributed by atoms with E-state index in [9.17, 15) is 0 Å². The average Bonchev–Trinajstić information content (AvgIpc) is 1.61. The van der Waals surface area contributed by atoms with Crippen LogP contribution in [0.1, 0.15) is 0 Å². The summed E-state index contributed by atoms with van der Waals surface area (Å²) in [5.41, 5.74) is 0. The minimum absolute atomic E-state index is 1.41. The number of rotatable bonds is 2. The molecule has 25 valence electrons. The van der Waals surface area contributed by atoms with E-state index in [-0.39, 0.29) is 0 Å². The van der Waals surface area contributed by atoms with Crippen molar-refractivity contribution >= 4 is 27.8 Å². The van der Waals surface area contributed by atoms with E-state index in [1.54, 1.807) is 13.8 Å². The Morgan fingerprint density at radius 1 is 1.67 bits per heavy atom. The Bertz CT molecular complexity index is 58.6. The van der Waals surface area contributed by atoms with Crippen molar-refractivity contribution in [2.45, 2.75) is 0 Å². The van der Waals surface area contributed by atoms with Crippen LogP contribution in [0.4, 0.5) is 0 Å². The van der Waals surface area contributed by atoms with E-state index in [2.05, 4.69) is 4.65 Å². The first-order valence-corrected chi connectivity index (χ1v) is 1.64. The summed E-state index contributed by atoms with van der Waals surface area (Å²) in [7, 11) is 7.99. The molecule has 1 nitrogen and oxygen atoms in total. The summed E-state index contributed by atoms with van der Waals surface area (Å²) in [6.45, 7) is 3.02. The fourth-order valence-corrected chi connectivity index (χ4v) is 0.124. The van der Waals surface area contributed by atoms with Gasteiger partial charge in [0.15, 0.2) is 0 Å². The summed E-state index contributed by atoms with van der Waals surface area (Å²) in [4.78, 5) is 0. The molecule has 0 N–H and O–H groups in total. The first kappa shape index (κ1) is 6.06. The van der Waals surface area contributed by atoms with Crippen LogP contribution in [0.2, 0.25) is 0 Å². The predicted molar refractivity (Wildman–Crippen MR) is 30.0 cm³/mol. The Kier molecular flexibility index (Phi) is 5.11. The molecule has 0 atom stereocenters. The molecule has 0 aliphatic heterocycles. The second-order valence-corrected chi connectivity index (χ2v) is 0.757. The minimum atomic E-state index is 1.41. The average molecular weight is 74.3 g/mol. The van der Waals surface area contributed by atoms with Crippen LogP contribution in [0.3, 0.4) is 0 Å². The molecule has 0 aromatic heterocycles. The Balaban J connectivity index is 2.94. The van der Waals surface area contributed by atoms with Crippen molar-refractivity contribution in [3.63, 3.8) is 0 Å². The van der Waals surface area contributed by atoms with E-state index < -0.39 is 0 Å². The van der Waals surface area contributed by atoms with Crippen LogP contribution < -0.4 is 0 Å². The molecule has 0 aromatic rings. The van der Waals surface area contributed by atoms with E-state index in [4.69, 9.17) is 7.37 Å². The van der Waals surface area contributed by atoms with Gasteiger partial charge in [0.05, 0.1) is 0 Å². The van der Waals surface area contributed by atoms with E-state index in [1.165, 1.54) is 13.7 Å². The normalized spacial score (nSPS) is 5.33. The Morgan fingerprint density at radius 2 is 2.33 bits per heavy atom. The van der Waals surface area contributed by atoms with Gasteiger partial charge in [-0.1, -0.05) is 0 Å². The molecule has 0 rings (SSSR count). The Morgan fingerprint density at radius 3 is 2.50 bits per heavy atom. The topological polar surface area (TPSA) is 9.23 Å². The van der Waals surface area contributed by atoms with Gasteiger partial charge in [-0.2, -0.15) is 0 Å². The van der Waals surface area contributed by atoms with Crippen LogP contribution in [-0.4, -0.2) is 34.9 Å². The molecule has 0 saturated carbocycles. The summed E-state index contributed by atoms with van der Waals surface area (Å²) in [6, 6.07) is 0. The van der Waals surface area contributed by atoms with Crippen LogP contribution in [-0.2, 0) is 4.65 Å². The van der Waals surface area contributed by atoms with Gasteiger partial charge in [-0.15, -0.1) is 0 Å². The summed E-state index contributed by atoms with van der Waals surface area (Å²) >= 11 is 0. The van der Waals surface area contributed by atoms with Crippen molar-refractivity contribution in [1.82, 2.24) is 0 Å². The Labute approximate surface area is 40.5 Å². The molecule has 5 heteroatoms. The van der Waals surface area contributed by atoms with E-state index in [0.29, 0.717) is 0 Å². The van der Waals surface area contributed by atoms with Crippen molar-refractivity contribution in [2.24, 2.45) is 0 Å². The summed E-state index contributed by atoms with van der Waals surface area (Å²) in [6.07, 6.45) is 0. The molecule has 0 amide bonds. The second kappa shape index (κ2) is 5.06. The molecular weight excluding hydrogens is 71.3 g/mol. The molecule has 1 radical (unpaired) electrons. The van der Waals surface area contributed by atoms with Gasteiger partial charge in [-0.3, -0.25) is 0 Å². The first-order valence-electron chi connectivity index (χ1n) is 1.64. The van der Waals surface area contributed by atoms with E-state index in [0.717, 1.165) is 0 Å². The molecule has 0 heterocycles. The first-order chi connectivity index (χ1) is 2.91. The third-order valence-electron chi connectivity index (χ3n) is 0.326. The van der Waals surface area contributed by atoms with Crippen molar-refractivity contribution in [1.29, 1.82) is 0 Å². The fourth-order valence-electron chi connectivity index (χ4n) is 0.124. The molecular formula is CH3B4O. The van der Waals surface area contributed by atoms with Crippen LogP contribution in [0.25, 0.3) is 0 Å². The summed E-state index contributed by atoms with van der Waals surface area (Å²) < 4.78 is 4.49. The van der Waals surface area contributed by atoms with E-state index in [1.807, 2.05) is 0 Å². The van der Waals surface area contributed by atoms with Crippen molar-refractivity contribution in [3.05, 3.63) is 0 Å². The Hall–Kier alpha value is 0.0597. The SMILES string of the molecule is [B]=BB=BOC. The number of hydrogen-bond acceptors (Lipinski definition) is 1. The second-order valence-electron chi connectivity index (χ2n) is 0.757. The van der Waals surface area contributed by atoms with Crippen molar-refractivity contribution < 1.29 is 4.65 Å². The molecule has 0 spiro atoms. The van der Waals surface area contributed by atoms with Crippen LogP contribution in [0.15, 0.2) is 0 Å². The third kappa shape index (κ3) is 4.06. The molecule has 0 aromatic carbocycles. The summed E-state index contributed by atoms with van der Waals surface area (Å²) in [5, 5.41) is 0. The van der Waals surface area contributed by atoms with Gasteiger partial charge in [-0.05, 0) is 0 Å². The zero-order chi connectivity index (χ0) is 4.83. The quantitative estimate of drug-likeness (QED) is 0.365. The zero-order valence-electron chi connectivity index (χ0n) is 3.72. The molecule has 0 aliphatic carbocycles. The monoisotopic (exact) mass is 75.1 g/mol. The van der Waals surface area contributed by atoms with Crippen molar-refractivity contribution in [2.75, 3.05) is 7.11 Å². The van der Waals surface area contributed by atoms with Gasteiger partial charge < -0.3 is 0 Å². The van der Waals surface area contributed by atoms with Crippen LogP contribution >= 0.6 is 0 Å². The van der Waals surface area contributed by atoms with Crippen LogP contribution in [0.5, 0.6) is 0 Å². The fraction of sp³-hybridized carbons (Fsp3) is 1.00. The van der Waals surface area contributed by atoms with Gasteiger partial charge in [0.2, 0.25) is 0 Å². The zero-order valence-corrected chi connectivity index (χ0v) is 3.72. The number of hydrogen-bond donors (Lipinski definition) is 0. The van der Waals surface area contributed by atoms with Crippen LogP contribution in [0, 0.1) is 0 Å².